The molecule has 2 rings (SSSR count). The second kappa shape index (κ2) is 7.43. The zero-order valence-corrected chi connectivity index (χ0v) is 12.2. The first-order chi connectivity index (χ1) is 9.35. The highest BCUT2D eigenvalue weighted by Crippen LogP contribution is 2.28. The topological polar surface area (TPSA) is 38.0 Å². The molecule has 19 heavy (non-hydrogen) atoms. The van der Waals surface area contributed by atoms with Crippen LogP contribution in [0, 0.1) is 0 Å². The molecule has 0 saturated heterocycles. The lowest BCUT2D eigenvalue weighted by Gasteiger charge is -2.16. The van der Waals surface area contributed by atoms with E-state index in [9.17, 15) is 0 Å². The van der Waals surface area contributed by atoms with Crippen molar-refractivity contribution in [2.45, 2.75) is 38.6 Å². The smallest absolute Gasteiger partial charge is 0.0556 e. The van der Waals surface area contributed by atoms with Gasteiger partial charge < -0.3 is 0 Å². The molecule has 3 N–H and O–H groups in total. The van der Waals surface area contributed by atoms with Crippen molar-refractivity contribution in [3.63, 3.8) is 0 Å². The van der Waals surface area contributed by atoms with Crippen molar-refractivity contribution in [1.82, 2.24) is 5.43 Å². The fourth-order valence-corrected chi connectivity index (χ4v) is 3.48. The van der Waals surface area contributed by atoms with Gasteiger partial charge in [0.2, 0.25) is 0 Å². The van der Waals surface area contributed by atoms with Gasteiger partial charge in [-0.1, -0.05) is 37.3 Å². The summed E-state index contributed by atoms with van der Waals surface area (Å²) in [6.07, 6.45) is 4.43. The van der Waals surface area contributed by atoms with Crippen molar-refractivity contribution in [3.8, 4) is 0 Å². The normalized spacial score (nSPS) is 12.5. The van der Waals surface area contributed by atoms with E-state index in [4.69, 9.17) is 5.84 Å². The molecule has 0 aliphatic carbocycles. The average molecular weight is 274 g/mol. The van der Waals surface area contributed by atoms with Gasteiger partial charge in [0.1, 0.15) is 0 Å². The number of nitrogens with two attached hydrogens (primary N) is 1. The maximum absolute atomic E-state index is 5.72. The number of aryl methyl sites for hydroxylation is 2. The molecule has 1 heterocycles. The number of benzene rings is 1. The van der Waals surface area contributed by atoms with Crippen molar-refractivity contribution in [2.24, 2.45) is 5.84 Å². The Morgan fingerprint density at radius 3 is 2.68 bits per heavy atom. The van der Waals surface area contributed by atoms with Crippen LogP contribution in [0.4, 0.5) is 0 Å². The number of rotatable bonds is 7. The first-order valence-electron chi connectivity index (χ1n) is 6.91. The summed E-state index contributed by atoms with van der Waals surface area (Å²) in [6, 6.07) is 13.1. The van der Waals surface area contributed by atoms with Gasteiger partial charge >= 0.3 is 0 Å². The van der Waals surface area contributed by atoms with Crippen LogP contribution in [0.5, 0.6) is 0 Å². The van der Waals surface area contributed by atoms with Gasteiger partial charge in [-0.25, -0.2) is 0 Å². The minimum atomic E-state index is 0.290. The van der Waals surface area contributed by atoms with Gasteiger partial charge in [0.05, 0.1) is 6.04 Å². The number of nitrogens with one attached hydrogen (secondary N) is 1. The van der Waals surface area contributed by atoms with E-state index in [0.717, 1.165) is 25.7 Å². The van der Waals surface area contributed by atoms with Gasteiger partial charge in [-0.05, 0) is 48.3 Å². The Morgan fingerprint density at radius 1 is 1.21 bits per heavy atom. The quantitative estimate of drug-likeness (QED) is 0.594. The van der Waals surface area contributed by atoms with Crippen LogP contribution >= 0.6 is 11.3 Å². The van der Waals surface area contributed by atoms with Gasteiger partial charge in [0.25, 0.3) is 0 Å². The van der Waals surface area contributed by atoms with Crippen molar-refractivity contribution in [1.29, 1.82) is 0 Å². The SMILES string of the molecule is CCc1ccsc1C(CCCc1ccccc1)NN. The second-order valence-electron chi connectivity index (χ2n) is 4.76. The molecule has 0 amide bonds. The number of hydrogen-bond donors (Lipinski definition) is 2. The minimum absolute atomic E-state index is 0.290. The summed E-state index contributed by atoms with van der Waals surface area (Å²) in [5, 5.41) is 2.16. The Hall–Kier alpha value is -1.16. The first kappa shape index (κ1) is 14.3. The van der Waals surface area contributed by atoms with Crippen LogP contribution in [0.25, 0.3) is 0 Å². The van der Waals surface area contributed by atoms with Crippen LogP contribution < -0.4 is 11.3 Å². The lowest BCUT2D eigenvalue weighted by molar-refractivity contribution is 0.503. The molecule has 3 heteroatoms. The Balaban J connectivity index is 1.90. The van der Waals surface area contributed by atoms with Gasteiger partial charge in [-0.2, -0.15) is 0 Å². The molecule has 102 valence electrons. The molecule has 0 aliphatic rings. The fourth-order valence-electron chi connectivity index (χ4n) is 2.39. The van der Waals surface area contributed by atoms with E-state index in [-0.39, 0.29) is 0 Å². The summed E-state index contributed by atoms with van der Waals surface area (Å²) in [4.78, 5) is 1.40. The molecule has 1 atom stereocenters. The van der Waals surface area contributed by atoms with Crippen LogP contribution in [0.2, 0.25) is 0 Å². The third kappa shape index (κ3) is 3.90. The van der Waals surface area contributed by atoms with E-state index >= 15 is 0 Å². The lowest BCUT2D eigenvalue weighted by Crippen LogP contribution is -2.28. The van der Waals surface area contributed by atoms with Crippen molar-refractivity contribution in [3.05, 3.63) is 57.8 Å². The summed E-state index contributed by atoms with van der Waals surface area (Å²) >= 11 is 1.81. The summed E-state index contributed by atoms with van der Waals surface area (Å²) in [5.41, 5.74) is 5.80. The third-order valence-corrected chi connectivity index (χ3v) is 4.55. The van der Waals surface area contributed by atoms with E-state index in [0.29, 0.717) is 6.04 Å². The molecule has 0 aliphatic heterocycles. The predicted molar refractivity (Wildman–Crippen MR) is 83.1 cm³/mol. The molecule has 0 saturated carbocycles. The second-order valence-corrected chi connectivity index (χ2v) is 5.71. The van der Waals surface area contributed by atoms with Gasteiger partial charge in [0.15, 0.2) is 0 Å². The first-order valence-corrected chi connectivity index (χ1v) is 7.79. The van der Waals surface area contributed by atoms with Crippen molar-refractivity contribution in [2.75, 3.05) is 0 Å². The summed E-state index contributed by atoms with van der Waals surface area (Å²) in [7, 11) is 0. The highest BCUT2D eigenvalue weighted by molar-refractivity contribution is 7.10. The number of thiophene rings is 1. The Kier molecular flexibility index (Phi) is 5.58. The molecule has 1 aromatic carbocycles. The number of hydrogen-bond acceptors (Lipinski definition) is 3. The van der Waals surface area contributed by atoms with Crippen LogP contribution in [-0.4, -0.2) is 0 Å². The Labute approximate surface area is 119 Å². The highest BCUT2D eigenvalue weighted by Gasteiger charge is 2.14. The molecular formula is C16H22N2S. The lowest BCUT2D eigenvalue weighted by atomic mass is 10.0. The molecule has 1 aromatic heterocycles. The highest BCUT2D eigenvalue weighted by atomic mass is 32.1. The summed E-state index contributed by atoms with van der Waals surface area (Å²) in [5.74, 6) is 5.72. The van der Waals surface area contributed by atoms with E-state index in [2.05, 4.69) is 54.1 Å². The minimum Gasteiger partial charge on any atom is -0.271 e. The van der Waals surface area contributed by atoms with E-state index in [1.54, 1.807) is 0 Å². The zero-order valence-electron chi connectivity index (χ0n) is 11.4. The van der Waals surface area contributed by atoms with Crippen molar-refractivity contribution < 1.29 is 0 Å². The van der Waals surface area contributed by atoms with Crippen molar-refractivity contribution >= 4 is 11.3 Å². The summed E-state index contributed by atoms with van der Waals surface area (Å²) < 4.78 is 0. The molecule has 2 nitrogen and oxygen atoms in total. The Bertz CT molecular complexity index is 479. The Morgan fingerprint density at radius 2 is 2.00 bits per heavy atom. The predicted octanol–water partition coefficient (Wildman–Crippen LogP) is 3.84. The zero-order chi connectivity index (χ0) is 13.5. The summed E-state index contributed by atoms with van der Waals surface area (Å²) in [6.45, 7) is 2.20. The van der Waals surface area contributed by atoms with Crippen LogP contribution in [0.1, 0.15) is 41.8 Å². The van der Waals surface area contributed by atoms with Gasteiger partial charge in [-0.15, -0.1) is 11.3 Å². The standard InChI is InChI=1S/C16H22N2S/c1-2-14-11-12-19-16(14)15(18-17)10-6-9-13-7-4-3-5-8-13/h3-5,7-8,11-12,15,18H,2,6,9-10,17H2,1H3. The molecule has 2 aromatic rings. The largest absolute Gasteiger partial charge is 0.271 e. The molecule has 0 spiro atoms. The molecule has 0 fully saturated rings. The number of hydrazine groups is 1. The molecule has 1 unspecified atom stereocenters. The molecule has 0 radical (unpaired) electrons. The monoisotopic (exact) mass is 274 g/mol. The van der Waals surface area contributed by atoms with Crippen LogP contribution in [0.15, 0.2) is 41.8 Å². The molecular weight excluding hydrogens is 252 g/mol. The average Bonchev–Trinajstić information content (AvgIpc) is 2.93. The molecule has 0 bridgehead atoms. The van der Waals surface area contributed by atoms with Crippen LogP contribution in [0.3, 0.4) is 0 Å². The van der Waals surface area contributed by atoms with E-state index in [1.165, 1.54) is 16.0 Å². The van der Waals surface area contributed by atoms with Crippen LogP contribution in [-0.2, 0) is 12.8 Å². The fraction of sp³-hybridized carbons (Fsp3) is 0.375. The van der Waals surface area contributed by atoms with Gasteiger partial charge in [0, 0.05) is 4.88 Å². The third-order valence-electron chi connectivity index (χ3n) is 3.48. The van der Waals surface area contributed by atoms with E-state index < -0.39 is 0 Å². The maximum atomic E-state index is 5.72. The van der Waals surface area contributed by atoms with E-state index in [1.807, 2.05) is 11.3 Å². The maximum Gasteiger partial charge on any atom is 0.0556 e. The van der Waals surface area contributed by atoms with Gasteiger partial charge in [-0.3, -0.25) is 11.3 Å².